The van der Waals surface area contributed by atoms with Gasteiger partial charge in [-0.2, -0.15) is 0 Å². The predicted octanol–water partition coefficient (Wildman–Crippen LogP) is 3.20. The van der Waals surface area contributed by atoms with Crippen molar-refractivity contribution >= 4 is 8.07 Å². The molecule has 0 radical (unpaired) electrons. The van der Waals surface area contributed by atoms with Crippen molar-refractivity contribution in [2.45, 2.75) is 51.2 Å². The summed E-state index contributed by atoms with van der Waals surface area (Å²) in [6.07, 6.45) is 5.16. The van der Waals surface area contributed by atoms with E-state index in [-0.39, 0.29) is 0 Å². The van der Waals surface area contributed by atoms with Gasteiger partial charge in [0.1, 0.15) is 8.07 Å². The summed E-state index contributed by atoms with van der Waals surface area (Å²) in [4.78, 5) is 0. The summed E-state index contributed by atoms with van der Waals surface area (Å²) in [6.45, 7) is 4.65. The third-order valence-electron chi connectivity index (χ3n) is 2.50. The molecule has 62 valence electrons. The summed E-state index contributed by atoms with van der Waals surface area (Å²) in [5.74, 6) is 3.34. The van der Waals surface area contributed by atoms with Crippen LogP contribution in [-0.4, -0.2) is 8.07 Å². The molecule has 0 atom stereocenters. The molecule has 1 aliphatic heterocycles. The van der Waals surface area contributed by atoms with E-state index in [1.54, 1.807) is 0 Å². The third kappa shape index (κ3) is 2.71. The van der Waals surface area contributed by atoms with Crippen LogP contribution in [0.5, 0.6) is 0 Å². The lowest BCUT2D eigenvalue weighted by atomic mass is 10.3. The molecule has 0 N–H and O–H groups in total. The van der Waals surface area contributed by atoms with Gasteiger partial charge in [-0.15, -0.1) is 11.5 Å². The standard InChI is InChI=1S/C10H18Si/c1-3-4-5-6-8-11(2)9-7-10-11/h3-5,7,9-10H2,1-2H3. The predicted molar refractivity (Wildman–Crippen MR) is 53.2 cm³/mol. The van der Waals surface area contributed by atoms with Crippen LogP contribution in [0.15, 0.2) is 0 Å². The molecule has 0 amide bonds. The third-order valence-corrected chi connectivity index (χ3v) is 6.20. The molecule has 0 aromatic carbocycles. The molecule has 0 bridgehead atoms. The van der Waals surface area contributed by atoms with E-state index in [0.717, 1.165) is 6.42 Å². The highest BCUT2D eigenvalue weighted by Crippen LogP contribution is 2.30. The average molecular weight is 166 g/mol. The molecule has 1 fully saturated rings. The molecule has 0 saturated carbocycles. The fraction of sp³-hybridized carbons (Fsp3) is 0.800. The Hall–Kier alpha value is -0.223. The van der Waals surface area contributed by atoms with E-state index in [2.05, 4.69) is 24.9 Å². The fourth-order valence-electron chi connectivity index (χ4n) is 1.37. The van der Waals surface area contributed by atoms with Crippen LogP contribution in [0.25, 0.3) is 0 Å². The largest absolute Gasteiger partial charge is 0.135 e. The van der Waals surface area contributed by atoms with Crippen LogP contribution in [0.1, 0.15) is 32.6 Å². The van der Waals surface area contributed by atoms with Gasteiger partial charge < -0.3 is 0 Å². The smallest absolute Gasteiger partial charge is 0.131 e. The van der Waals surface area contributed by atoms with Crippen molar-refractivity contribution in [1.82, 2.24) is 0 Å². The Balaban J connectivity index is 2.20. The maximum absolute atomic E-state index is 3.52. The van der Waals surface area contributed by atoms with Crippen LogP contribution in [0.2, 0.25) is 18.6 Å². The molecule has 0 aromatic heterocycles. The van der Waals surface area contributed by atoms with E-state index in [1.165, 1.54) is 31.4 Å². The monoisotopic (exact) mass is 166 g/mol. The van der Waals surface area contributed by atoms with E-state index in [4.69, 9.17) is 0 Å². The summed E-state index contributed by atoms with van der Waals surface area (Å²) in [5, 5.41) is 0. The van der Waals surface area contributed by atoms with Crippen molar-refractivity contribution in [2.24, 2.45) is 0 Å². The second-order valence-corrected chi connectivity index (χ2v) is 8.19. The van der Waals surface area contributed by atoms with Crippen LogP contribution in [-0.2, 0) is 0 Å². The number of rotatable bonds is 2. The lowest BCUT2D eigenvalue weighted by Gasteiger charge is -2.30. The van der Waals surface area contributed by atoms with Gasteiger partial charge in [-0.3, -0.25) is 0 Å². The molecule has 0 unspecified atom stereocenters. The summed E-state index contributed by atoms with van der Waals surface area (Å²) >= 11 is 0. The lowest BCUT2D eigenvalue weighted by molar-refractivity contribution is 0.828. The molecule has 0 aromatic rings. The Morgan fingerprint density at radius 1 is 1.36 bits per heavy atom. The Labute approximate surface area is 71.4 Å². The summed E-state index contributed by atoms with van der Waals surface area (Å²) in [6, 6.07) is 2.93. The second kappa shape index (κ2) is 3.97. The maximum atomic E-state index is 3.52. The van der Waals surface area contributed by atoms with Gasteiger partial charge in [-0.1, -0.05) is 26.3 Å². The normalized spacial score (nSPS) is 19.8. The first-order valence-electron chi connectivity index (χ1n) is 4.77. The molecule has 0 aliphatic carbocycles. The average Bonchev–Trinajstić information content (AvgIpc) is 1.95. The van der Waals surface area contributed by atoms with Crippen molar-refractivity contribution in [3.8, 4) is 11.5 Å². The van der Waals surface area contributed by atoms with Crippen LogP contribution in [0.3, 0.4) is 0 Å². The number of hydrogen-bond acceptors (Lipinski definition) is 0. The Morgan fingerprint density at radius 3 is 2.55 bits per heavy atom. The zero-order chi connectivity index (χ0) is 8.16. The van der Waals surface area contributed by atoms with Gasteiger partial charge >= 0.3 is 0 Å². The molecule has 1 heteroatoms. The number of hydrogen-bond donors (Lipinski definition) is 0. The fourth-order valence-corrected chi connectivity index (χ4v) is 3.59. The lowest BCUT2D eigenvalue weighted by Crippen LogP contribution is -2.36. The highest BCUT2D eigenvalue weighted by atomic mass is 28.3. The highest BCUT2D eigenvalue weighted by molar-refractivity contribution is 6.88. The first-order chi connectivity index (χ1) is 5.27. The van der Waals surface area contributed by atoms with Gasteiger partial charge in [0.05, 0.1) is 0 Å². The van der Waals surface area contributed by atoms with Crippen molar-refractivity contribution in [3.05, 3.63) is 0 Å². The highest BCUT2D eigenvalue weighted by Gasteiger charge is 2.32. The van der Waals surface area contributed by atoms with Crippen molar-refractivity contribution in [2.75, 3.05) is 0 Å². The van der Waals surface area contributed by atoms with E-state index in [1.807, 2.05) is 0 Å². The Kier molecular flexibility index (Phi) is 3.20. The first kappa shape index (κ1) is 8.87. The Morgan fingerprint density at radius 2 is 2.09 bits per heavy atom. The summed E-state index contributed by atoms with van der Waals surface area (Å²) in [7, 11) is -0.908. The van der Waals surface area contributed by atoms with Crippen LogP contribution in [0.4, 0.5) is 0 Å². The molecule has 11 heavy (non-hydrogen) atoms. The quantitative estimate of drug-likeness (QED) is 0.336. The summed E-state index contributed by atoms with van der Waals surface area (Å²) < 4.78 is 0. The zero-order valence-electron chi connectivity index (χ0n) is 7.74. The van der Waals surface area contributed by atoms with Crippen molar-refractivity contribution < 1.29 is 0 Å². The summed E-state index contributed by atoms with van der Waals surface area (Å²) in [5.41, 5.74) is 3.52. The van der Waals surface area contributed by atoms with Crippen LogP contribution < -0.4 is 0 Å². The molecular formula is C10H18Si. The van der Waals surface area contributed by atoms with Gasteiger partial charge in [0.25, 0.3) is 0 Å². The maximum Gasteiger partial charge on any atom is 0.135 e. The van der Waals surface area contributed by atoms with Crippen LogP contribution in [0, 0.1) is 11.5 Å². The van der Waals surface area contributed by atoms with E-state index >= 15 is 0 Å². The first-order valence-corrected chi connectivity index (χ1v) is 7.68. The molecular weight excluding hydrogens is 148 g/mol. The van der Waals surface area contributed by atoms with E-state index in [0.29, 0.717) is 0 Å². The van der Waals surface area contributed by atoms with Gasteiger partial charge in [-0.25, -0.2) is 0 Å². The van der Waals surface area contributed by atoms with Gasteiger partial charge in [0.15, 0.2) is 0 Å². The second-order valence-electron chi connectivity index (χ2n) is 3.82. The minimum absolute atomic E-state index is 0.908. The molecule has 1 saturated heterocycles. The van der Waals surface area contributed by atoms with Gasteiger partial charge in [-0.05, 0) is 18.5 Å². The number of unbranched alkanes of at least 4 members (excludes halogenated alkanes) is 2. The Bertz CT molecular complexity index is 169. The van der Waals surface area contributed by atoms with Crippen molar-refractivity contribution in [3.63, 3.8) is 0 Å². The zero-order valence-corrected chi connectivity index (χ0v) is 8.74. The topological polar surface area (TPSA) is 0 Å². The van der Waals surface area contributed by atoms with Gasteiger partial charge in [0.2, 0.25) is 0 Å². The van der Waals surface area contributed by atoms with E-state index < -0.39 is 8.07 Å². The SMILES string of the molecule is CCCCC#C[Si]1(C)CCC1. The molecule has 1 heterocycles. The minimum atomic E-state index is -0.908. The molecule has 0 nitrogen and oxygen atoms in total. The molecule has 0 spiro atoms. The molecule has 1 rings (SSSR count). The molecule has 1 aliphatic rings. The van der Waals surface area contributed by atoms with Crippen LogP contribution >= 0.6 is 0 Å². The minimum Gasteiger partial charge on any atom is -0.131 e. The van der Waals surface area contributed by atoms with Gasteiger partial charge in [0, 0.05) is 6.42 Å². The van der Waals surface area contributed by atoms with Crippen molar-refractivity contribution in [1.29, 1.82) is 0 Å². The van der Waals surface area contributed by atoms with E-state index in [9.17, 15) is 0 Å².